The second-order valence-electron chi connectivity index (χ2n) is 9.24. The highest BCUT2D eigenvalue weighted by Crippen LogP contribution is 2.28. The molecular formula is C25H32FN7O. The molecule has 0 unspecified atom stereocenters. The van der Waals surface area contributed by atoms with Crippen LogP contribution in [-0.4, -0.2) is 55.5 Å². The third kappa shape index (κ3) is 4.60. The number of nitrogens with zero attached hydrogens (tertiary/aromatic N) is 6. The Bertz CT molecular complexity index is 1170. The van der Waals surface area contributed by atoms with Crippen LogP contribution in [0.2, 0.25) is 0 Å². The Morgan fingerprint density at radius 2 is 1.79 bits per heavy atom. The first kappa shape index (κ1) is 23.7. The van der Waals surface area contributed by atoms with Gasteiger partial charge in [0.25, 0.3) is 0 Å². The van der Waals surface area contributed by atoms with Gasteiger partial charge in [-0.2, -0.15) is 0 Å². The summed E-state index contributed by atoms with van der Waals surface area (Å²) in [5.74, 6) is 0.746. The highest BCUT2D eigenvalue weighted by molar-refractivity contribution is 5.74. The molecule has 1 aromatic carbocycles. The van der Waals surface area contributed by atoms with Crippen molar-refractivity contribution in [1.82, 2.24) is 24.4 Å². The summed E-state index contributed by atoms with van der Waals surface area (Å²) < 4.78 is 16.6. The zero-order chi connectivity index (χ0) is 24.6. The minimum Gasteiger partial charge on any atom is -0.365 e. The van der Waals surface area contributed by atoms with Crippen molar-refractivity contribution in [3.63, 3.8) is 0 Å². The molecule has 0 radical (unpaired) electrons. The zero-order valence-corrected chi connectivity index (χ0v) is 20.6. The summed E-state index contributed by atoms with van der Waals surface area (Å²) in [6.45, 7) is 13.3. The molecular weight excluding hydrogens is 433 g/mol. The number of hydrogen-bond acceptors (Lipinski definition) is 6. The number of hydrogen-bond donors (Lipinski definition) is 1. The fourth-order valence-corrected chi connectivity index (χ4v) is 4.68. The molecule has 34 heavy (non-hydrogen) atoms. The van der Waals surface area contributed by atoms with Crippen LogP contribution in [0.1, 0.15) is 46.5 Å². The van der Waals surface area contributed by atoms with Gasteiger partial charge in [0, 0.05) is 49.5 Å². The average Bonchev–Trinajstić information content (AvgIpc) is 3.18. The van der Waals surface area contributed by atoms with Crippen LogP contribution in [0.4, 0.5) is 21.7 Å². The summed E-state index contributed by atoms with van der Waals surface area (Å²) in [5.41, 5.74) is 2.73. The molecule has 1 N–H and O–H groups in total. The summed E-state index contributed by atoms with van der Waals surface area (Å²) in [5, 5.41) is 3.18. The van der Waals surface area contributed by atoms with Crippen LogP contribution in [0.15, 0.2) is 36.7 Å². The van der Waals surface area contributed by atoms with Crippen molar-refractivity contribution in [3.8, 4) is 11.4 Å². The maximum absolute atomic E-state index is 14.6. The largest absolute Gasteiger partial charge is 0.365 e. The van der Waals surface area contributed by atoms with Crippen LogP contribution in [0.3, 0.4) is 0 Å². The highest BCUT2D eigenvalue weighted by atomic mass is 19.1. The third-order valence-corrected chi connectivity index (χ3v) is 6.33. The van der Waals surface area contributed by atoms with E-state index in [9.17, 15) is 9.18 Å². The fourth-order valence-electron chi connectivity index (χ4n) is 4.68. The van der Waals surface area contributed by atoms with Gasteiger partial charge >= 0.3 is 0 Å². The Balaban J connectivity index is 1.53. The van der Waals surface area contributed by atoms with Crippen molar-refractivity contribution in [2.75, 3.05) is 23.3 Å². The van der Waals surface area contributed by atoms with Crippen LogP contribution in [0.25, 0.3) is 11.4 Å². The van der Waals surface area contributed by atoms with Gasteiger partial charge in [-0.05, 0) is 58.9 Å². The molecule has 9 heteroatoms. The summed E-state index contributed by atoms with van der Waals surface area (Å²) in [7, 11) is 0. The lowest BCUT2D eigenvalue weighted by Gasteiger charge is -2.45. The molecule has 0 bridgehead atoms. The number of benzene rings is 1. The van der Waals surface area contributed by atoms with Gasteiger partial charge in [-0.3, -0.25) is 4.79 Å². The maximum Gasteiger partial charge on any atom is 0.227 e. The third-order valence-electron chi connectivity index (χ3n) is 6.33. The van der Waals surface area contributed by atoms with E-state index in [-0.39, 0.29) is 29.7 Å². The van der Waals surface area contributed by atoms with Gasteiger partial charge in [0.05, 0.1) is 18.1 Å². The number of halogens is 1. The van der Waals surface area contributed by atoms with Crippen LogP contribution in [-0.2, 0) is 4.79 Å². The van der Waals surface area contributed by atoms with E-state index in [0.717, 1.165) is 23.7 Å². The minimum atomic E-state index is -0.490. The van der Waals surface area contributed by atoms with Gasteiger partial charge in [0.2, 0.25) is 11.9 Å². The standard InChI is InChI=1S/C25H32FN7O/c1-15(2)33-18(5)27-12-23(33)24-22(26)11-28-25(30-24)29-20-7-9-21(10-8-20)32-14-16(3)31(19(6)34)13-17(32)4/h7-12,15-17H,13-14H2,1-6H3,(H,28,29,30)/t16-,17+/m1/s1. The van der Waals surface area contributed by atoms with E-state index in [1.165, 1.54) is 6.20 Å². The number of rotatable bonds is 5. The minimum absolute atomic E-state index is 0.115. The lowest BCUT2D eigenvalue weighted by Crippen LogP contribution is -2.57. The van der Waals surface area contributed by atoms with Crippen molar-refractivity contribution < 1.29 is 9.18 Å². The first-order chi connectivity index (χ1) is 16.2. The normalized spacial score (nSPS) is 18.5. The number of aromatic nitrogens is 4. The molecule has 1 saturated heterocycles. The summed E-state index contributed by atoms with van der Waals surface area (Å²) in [6.07, 6.45) is 2.83. The molecule has 2 aromatic heterocycles. The number of imidazole rings is 1. The molecule has 1 aliphatic heterocycles. The Hall–Kier alpha value is -3.49. The van der Waals surface area contributed by atoms with Crippen LogP contribution < -0.4 is 10.2 Å². The van der Waals surface area contributed by atoms with E-state index >= 15 is 0 Å². The van der Waals surface area contributed by atoms with E-state index < -0.39 is 5.82 Å². The quantitative estimate of drug-likeness (QED) is 0.595. The smallest absolute Gasteiger partial charge is 0.227 e. The molecule has 2 atom stereocenters. The Labute approximate surface area is 199 Å². The van der Waals surface area contributed by atoms with Gasteiger partial charge in [0.15, 0.2) is 5.82 Å². The van der Waals surface area contributed by atoms with Crippen LogP contribution in [0.5, 0.6) is 0 Å². The monoisotopic (exact) mass is 465 g/mol. The number of carbonyl (C=O) groups is 1. The van der Waals surface area contributed by atoms with Crippen molar-refractivity contribution in [3.05, 3.63) is 48.3 Å². The second kappa shape index (κ2) is 9.40. The van der Waals surface area contributed by atoms with Gasteiger partial charge < -0.3 is 19.7 Å². The van der Waals surface area contributed by atoms with Crippen LogP contribution >= 0.6 is 0 Å². The zero-order valence-electron chi connectivity index (χ0n) is 20.6. The molecule has 0 aliphatic carbocycles. The molecule has 0 saturated carbocycles. The van der Waals surface area contributed by atoms with Crippen molar-refractivity contribution >= 4 is 23.2 Å². The number of aryl methyl sites for hydroxylation is 1. The Kier molecular flexibility index (Phi) is 6.54. The van der Waals surface area contributed by atoms with Gasteiger partial charge in [-0.1, -0.05) is 0 Å². The number of nitrogens with one attached hydrogen (secondary N) is 1. The number of piperazine rings is 1. The lowest BCUT2D eigenvalue weighted by molar-refractivity contribution is -0.131. The molecule has 1 fully saturated rings. The topological polar surface area (TPSA) is 79.2 Å². The maximum atomic E-state index is 14.6. The fraction of sp³-hybridized carbons (Fsp3) is 0.440. The molecule has 4 rings (SSSR count). The van der Waals surface area contributed by atoms with Crippen molar-refractivity contribution in [2.45, 2.75) is 59.7 Å². The summed E-state index contributed by atoms with van der Waals surface area (Å²) >= 11 is 0. The van der Waals surface area contributed by atoms with E-state index in [0.29, 0.717) is 18.2 Å². The van der Waals surface area contributed by atoms with E-state index in [1.807, 2.05) is 54.5 Å². The van der Waals surface area contributed by atoms with Crippen molar-refractivity contribution in [2.24, 2.45) is 0 Å². The number of amides is 1. The summed E-state index contributed by atoms with van der Waals surface area (Å²) in [6, 6.07) is 8.49. The first-order valence-electron chi connectivity index (χ1n) is 11.6. The highest BCUT2D eigenvalue weighted by Gasteiger charge is 2.30. The van der Waals surface area contributed by atoms with Gasteiger partial charge in [-0.25, -0.2) is 19.3 Å². The van der Waals surface area contributed by atoms with E-state index in [1.54, 1.807) is 13.1 Å². The van der Waals surface area contributed by atoms with E-state index in [2.05, 4.69) is 39.0 Å². The van der Waals surface area contributed by atoms with Crippen LogP contribution in [0, 0.1) is 12.7 Å². The molecule has 180 valence electrons. The predicted molar refractivity (Wildman–Crippen MR) is 132 cm³/mol. The summed E-state index contributed by atoms with van der Waals surface area (Å²) in [4.78, 5) is 29.0. The molecule has 8 nitrogen and oxygen atoms in total. The van der Waals surface area contributed by atoms with Crippen molar-refractivity contribution in [1.29, 1.82) is 0 Å². The first-order valence-corrected chi connectivity index (χ1v) is 11.6. The van der Waals surface area contributed by atoms with Gasteiger partial charge in [0.1, 0.15) is 11.5 Å². The lowest BCUT2D eigenvalue weighted by atomic mass is 10.1. The molecule has 0 spiro atoms. The SMILES string of the molecule is CC(=O)N1C[C@H](C)N(c2ccc(Nc3ncc(F)c(-c4cnc(C)n4C(C)C)n3)cc2)C[C@H]1C. The van der Waals surface area contributed by atoms with E-state index in [4.69, 9.17) is 0 Å². The van der Waals surface area contributed by atoms with Gasteiger partial charge in [-0.15, -0.1) is 0 Å². The molecule has 3 aromatic rings. The Morgan fingerprint density at radius 1 is 1.09 bits per heavy atom. The molecule has 1 aliphatic rings. The molecule has 1 amide bonds. The molecule has 3 heterocycles. The second-order valence-corrected chi connectivity index (χ2v) is 9.24. The number of anilines is 3. The predicted octanol–water partition coefficient (Wildman–Crippen LogP) is 4.56. The number of carbonyl (C=O) groups excluding carboxylic acids is 1. The Morgan fingerprint density at radius 3 is 2.44 bits per heavy atom. The average molecular weight is 466 g/mol.